The SMILES string of the molecule is O=C(NCc1ccccn1)Nc1cc(C(=O)O)ccc1Br. The third kappa shape index (κ3) is 4.28. The highest BCUT2D eigenvalue weighted by Gasteiger charge is 2.09. The van der Waals surface area contributed by atoms with Gasteiger partial charge in [-0.3, -0.25) is 4.98 Å². The van der Waals surface area contributed by atoms with Gasteiger partial charge in [-0.15, -0.1) is 0 Å². The van der Waals surface area contributed by atoms with Crippen LogP contribution in [0.3, 0.4) is 0 Å². The number of anilines is 1. The first-order chi connectivity index (χ1) is 10.1. The van der Waals surface area contributed by atoms with Crippen LogP contribution < -0.4 is 10.6 Å². The number of carbonyl (C=O) groups is 2. The van der Waals surface area contributed by atoms with Crippen molar-refractivity contribution in [2.45, 2.75) is 6.54 Å². The van der Waals surface area contributed by atoms with E-state index in [0.717, 1.165) is 5.69 Å². The molecule has 0 saturated carbocycles. The van der Waals surface area contributed by atoms with Crippen molar-refractivity contribution in [1.29, 1.82) is 0 Å². The summed E-state index contributed by atoms with van der Waals surface area (Å²) >= 11 is 3.26. The minimum absolute atomic E-state index is 0.0956. The Hall–Kier alpha value is -2.41. The van der Waals surface area contributed by atoms with Crippen LogP contribution in [0.25, 0.3) is 0 Å². The van der Waals surface area contributed by atoms with Gasteiger partial charge in [0.15, 0.2) is 0 Å². The van der Waals surface area contributed by atoms with E-state index < -0.39 is 12.0 Å². The van der Waals surface area contributed by atoms with E-state index >= 15 is 0 Å². The lowest BCUT2D eigenvalue weighted by Gasteiger charge is -2.09. The first-order valence-corrected chi connectivity index (χ1v) is 6.83. The third-order valence-corrected chi connectivity index (χ3v) is 3.31. The number of aromatic carboxylic acids is 1. The van der Waals surface area contributed by atoms with Crippen molar-refractivity contribution in [2.24, 2.45) is 0 Å². The molecule has 0 aliphatic rings. The molecule has 1 heterocycles. The van der Waals surface area contributed by atoms with E-state index in [4.69, 9.17) is 5.11 Å². The lowest BCUT2D eigenvalue weighted by atomic mass is 10.2. The van der Waals surface area contributed by atoms with Crippen molar-refractivity contribution in [1.82, 2.24) is 10.3 Å². The normalized spacial score (nSPS) is 9.95. The summed E-state index contributed by atoms with van der Waals surface area (Å²) in [4.78, 5) is 26.8. The molecule has 0 bridgehead atoms. The van der Waals surface area contributed by atoms with Crippen LogP contribution in [-0.4, -0.2) is 22.1 Å². The first kappa shape index (κ1) is 15.0. The van der Waals surface area contributed by atoms with Gasteiger partial charge >= 0.3 is 12.0 Å². The van der Waals surface area contributed by atoms with E-state index in [1.807, 2.05) is 6.07 Å². The molecule has 0 unspecified atom stereocenters. The number of carbonyl (C=O) groups excluding carboxylic acids is 1. The summed E-state index contributed by atoms with van der Waals surface area (Å²) in [6.07, 6.45) is 1.64. The van der Waals surface area contributed by atoms with Gasteiger partial charge in [0, 0.05) is 10.7 Å². The maximum atomic E-state index is 11.8. The Bertz CT molecular complexity index is 662. The number of halogens is 1. The molecule has 0 spiro atoms. The topological polar surface area (TPSA) is 91.3 Å². The van der Waals surface area contributed by atoms with Crippen LogP contribution in [-0.2, 0) is 6.54 Å². The predicted octanol–water partition coefficient (Wildman–Crippen LogP) is 2.86. The van der Waals surface area contributed by atoms with Gasteiger partial charge in [-0.2, -0.15) is 0 Å². The van der Waals surface area contributed by atoms with E-state index in [2.05, 4.69) is 31.5 Å². The second-order valence-electron chi connectivity index (χ2n) is 4.13. The Kier molecular flexibility index (Phi) is 4.89. The van der Waals surface area contributed by atoms with Crippen LogP contribution in [0.15, 0.2) is 47.1 Å². The minimum Gasteiger partial charge on any atom is -0.478 e. The summed E-state index contributed by atoms with van der Waals surface area (Å²) in [7, 11) is 0. The number of hydrogen-bond acceptors (Lipinski definition) is 3. The predicted molar refractivity (Wildman–Crippen MR) is 81.2 cm³/mol. The molecule has 3 N–H and O–H groups in total. The maximum absolute atomic E-state index is 11.8. The van der Waals surface area contributed by atoms with Crippen molar-refractivity contribution in [3.8, 4) is 0 Å². The lowest BCUT2D eigenvalue weighted by molar-refractivity contribution is 0.0697. The number of benzene rings is 1. The van der Waals surface area contributed by atoms with Crippen LogP contribution in [0.4, 0.5) is 10.5 Å². The van der Waals surface area contributed by atoms with E-state index in [-0.39, 0.29) is 12.1 Å². The highest BCUT2D eigenvalue weighted by molar-refractivity contribution is 9.10. The van der Waals surface area contributed by atoms with E-state index in [1.165, 1.54) is 12.1 Å². The van der Waals surface area contributed by atoms with Gasteiger partial charge in [0.1, 0.15) is 0 Å². The van der Waals surface area contributed by atoms with Crippen molar-refractivity contribution in [3.63, 3.8) is 0 Å². The van der Waals surface area contributed by atoms with Gasteiger partial charge in [0.25, 0.3) is 0 Å². The molecule has 2 aromatic rings. The molecule has 7 heteroatoms. The molecule has 0 radical (unpaired) electrons. The van der Waals surface area contributed by atoms with Gasteiger partial charge < -0.3 is 15.7 Å². The largest absolute Gasteiger partial charge is 0.478 e. The molecule has 0 atom stereocenters. The van der Waals surface area contributed by atoms with Gasteiger partial charge in [0.05, 0.1) is 23.5 Å². The standard InChI is InChI=1S/C14H12BrN3O3/c15-11-5-4-9(13(19)20)7-12(11)18-14(21)17-8-10-3-1-2-6-16-10/h1-7H,8H2,(H,19,20)(H2,17,18,21). The molecular formula is C14H12BrN3O3. The summed E-state index contributed by atoms with van der Waals surface area (Å²) < 4.78 is 0.598. The van der Waals surface area contributed by atoms with Crippen LogP contribution >= 0.6 is 15.9 Å². The lowest BCUT2D eigenvalue weighted by Crippen LogP contribution is -2.28. The maximum Gasteiger partial charge on any atom is 0.335 e. The Morgan fingerprint density at radius 3 is 2.71 bits per heavy atom. The second kappa shape index (κ2) is 6.85. The Labute approximate surface area is 129 Å². The van der Waals surface area contributed by atoms with Crippen LogP contribution in [0.5, 0.6) is 0 Å². The zero-order valence-electron chi connectivity index (χ0n) is 10.8. The van der Waals surface area contributed by atoms with Crippen LogP contribution in [0.1, 0.15) is 16.1 Å². The molecule has 0 fully saturated rings. The van der Waals surface area contributed by atoms with Crippen molar-refractivity contribution in [2.75, 3.05) is 5.32 Å². The number of urea groups is 1. The Balaban J connectivity index is 1.99. The number of nitrogens with one attached hydrogen (secondary N) is 2. The van der Waals surface area contributed by atoms with Crippen LogP contribution in [0.2, 0.25) is 0 Å². The molecule has 0 aliphatic carbocycles. The first-order valence-electron chi connectivity index (χ1n) is 6.04. The summed E-state index contributed by atoms with van der Waals surface area (Å²) in [5.41, 5.74) is 1.21. The highest BCUT2D eigenvalue weighted by atomic mass is 79.9. The number of carboxylic acids is 1. The van der Waals surface area contributed by atoms with Gasteiger partial charge in [-0.05, 0) is 46.3 Å². The molecule has 21 heavy (non-hydrogen) atoms. The Morgan fingerprint density at radius 1 is 1.24 bits per heavy atom. The Morgan fingerprint density at radius 2 is 2.05 bits per heavy atom. The van der Waals surface area contributed by atoms with E-state index in [1.54, 1.807) is 24.4 Å². The summed E-state index contributed by atoms with van der Waals surface area (Å²) in [6, 6.07) is 9.37. The molecule has 6 nitrogen and oxygen atoms in total. The van der Waals surface area contributed by atoms with Crippen LogP contribution in [0, 0.1) is 0 Å². The third-order valence-electron chi connectivity index (χ3n) is 2.62. The van der Waals surface area contributed by atoms with Crippen molar-refractivity contribution in [3.05, 3.63) is 58.3 Å². The molecule has 2 rings (SSSR count). The molecule has 0 saturated heterocycles. The molecule has 1 aromatic carbocycles. The minimum atomic E-state index is -1.06. The summed E-state index contributed by atoms with van der Waals surface area (Å²) in [5.74, 6) is -1.06. The number of nitrogens with zero attached hydrogens (tertiary/aromatic N) is 1. The zero-order chi connectivity index (χ0) is 15.2. The summed E-state index contributed by atoms with van der Waals surface area (Å²) in [5, 5.41) is 14.2. The number of amides is 2. The smallest absolute Gasteiger partial charge is 0.335 e. The molecule has 0 aliphatic heterocycles. The average Bonchev–Trinajstić information content (AvgIpc) is 2.48. The molecule has 108 valence electrons. The quantitative estimate of drug-likeness (QED) is 0.791. The van der Waals surface area contributed by atoms with Gasteiger partial charge in [-0.1, -0.05) is 6.07 Å². The van der Waals surface area contributed by atoms with Gasteiger partial charge in [0.2, 0.25) is 0 Å². The second-order valence-corrected chi connectivity index (χ2v) is 4.98. The van der Waals surface area contributed by atoms with Gasteiger partial charge in [-0.25, -0.2) is 9.59 Å². The fraction of sp³-hybridized carbons (Fsp3) is 0.0714. The number of rotatable bonds is 4. The fourth-order valence-electron chi connectivity index (χ4n) is 1.59. The fourth-order valence-corrected chi connectivity index (χ4v) is 1.94. The summed E-state index contributed by atoms with van der Waals surface area (Å²) in [6.45, 7) is 0.281. The molecule has 2 amide bonds. The average molecular weight is 350 g/mol. The molecular weight excluding hydrogens is 338 g/mol. The van der Waals surface area contributed by atoms with Crippen molar-refractivity contribution < 1.29 is 14.7 Å². The number of carboxylic acid groups (broad SMARTS) is 1. The van der Waals surface area contributed by atoms with Crippen molar-refractivity contribution >= 4 is 33.6 Å². The highest BCUT2D eigenvalue weighted by Crippen LogP contribution is 2.23. The number of aromatic nitrogens is 1. The van der Waals surface area contributed by atoms with E-state index in [0.29, 0.717) is 10.2 Å². The molecule has 1 aromatic heterocycles. The monoisotopic (exact) mass is 349 g/mol. The van der Waals surface area contributed by atoms with E-state index in [9.17, 15) is 9.59 Å². The zero-order valence-corrected chi connectivity index (χ0v) is 12.4. The number of pyridine rings is 1. The number of hydrogen-bond donors (Lipinski definition) is 3.